The zero-order valence-corrected chi connectivity index (χ0v) is 31.0. The molecule has 2 N–H and O–H groups in total. The second-order valence-corrected chi connectivity index (χ2v) is 18.9. The first kappa shape index (κ1) is 36.4. The molecule has 0 fully saturated rings. The molecule has 2 aromatic heterocycles. The number of fused-ring (bicyclic) bond motifs is 1. The zero-order valence-electron chi connectivity index (χ0n) is 28.5. The number of rotatable bonds is 10. The maximum absolute atomic E-state index is 13.6. The number of carbonyl (C=O) groups excluding carboxylic acids is 1. The van der Waals surface area contributed by atoms with Gasteiger partial charge in [0.25, 0.3) is 5.91 Å². The third kappa shape index (κ3) is 7.80. The fourth-order valence-electron chi connectivity index (χ4n) is 5.41. The summed E-state index contributed by atoms with van der Waals surface area (Å²) in [6, 6.07) is 14.5. The van der Waals surface area contributed by atoms with Gasteiger partial charge in [-0.15, -0.1) is 0 Å². The van der Waals surface area contributed by atoms with E-state index in [-0.39, 0.29) is 28.2 Å². The molecule has 49 heavy (non-hydrogen) atoms. The lowest BCUT2D eigenvalue weighted by atomic mass is 9.98. The summed E-state index contributed by atoms with van der Waals surface area (Å²) in [6.45, 7) is 13.5. The number of carbonyl (C=O) groups is 1. The van der Waals surface area contributed by atoms with Gasteiger partial charge in [-0.3, -0.25) is 14.7 Å². The first-order valence-electron chi connectivity index (χ1n) is 16.0. The number of amides is 1. The highest BCUT2D eigenvalue weighted by molar-refractivity contribution is 6.74. The average Bonchev–Trinajstić information content (AvgIpc) is 3.07. The number of ether oxygens (including phenoxy) is 1. The summed E-state index contributed by atoms with van der Waals surface area (Å²) in [5, 5.41) is 23.2. The smallest absolute Gasteiger partial charge is 0.274 e. The molecular weight excluding hydrogens is 679 g/mol. The number of aromatic nitrogens is 3. The topological polar surface area (TPSA) is 133 Å². The third-order valence-corrected chi connectivity index (χ3v) is 14.6. The molecule has 0 saturated carbocycles. The number of nitriles is 1. The third-order valence-electron chi connectivity index (χ3n) is 9.26. The Labute approximate surface area is 298 Å². The van der Waals surface area contributed by atoms with Crippen LogP contribution in [0, 0.1) is 11.3 Å². The maximum atomic E-state index is 13.6. The van der Waals surface area contributed by atoms with Gasteiger partial charge in [0, 0.05) is 42.9 Å². The number of aliphatic hydroxyl groups excluding tert-OH is 1. The van der Waals surface area contributed by atoms with Crippen LogP contribution in [0.2, 0.25) is 28.2 Å². The normalized spacial score (nSPS) is 13.5. The van der Waals surface area contributed by atoms with E-state index in [1.807, 2.05) is 12.1 Å². The van der Waals surface area contributed by atoms with Gasteiger partial charge in [0.1, 0.15) is 11.4 Å². The van der Waals surface area contributed by atoms with Crippen LogP contribution in [-0.2, 0) is 24.0 Å². The number of aliphatic hydroxyl groups is 1. The number of nitrogens with zero attached hydrogens (tertiary/aromatic N) is 5. The molecule has 4 aromatic rings. The Bertz CT molecular complexity index is 1930. The van der Waals surface area contributed by atoms with Crippen molar-refractivity contribution in [3.05, 3.63) is 86.9 Å². The molecule has 256 valence electrons. The Hall–Kier alpha value is -3.89. The molecule has 0 unspecified atom stereocenters. The van der Waals surface area contributed by atoms with Crippen LogP contribution in [0.15, 0.2) is 48.7 Å². The van der Waals surface area contributed by atoms with Crippen molar-refractivity contribution in [2.75, 3.05) is 32.1 Å². The van der Waals surface area contributed by atoms with Gasteiger partial charge in [-0.25, -0.2) is 9.97 Å². The van der Waals surface area contributed by atoms with Crippen molar-refractivity contribution < 1.29 is 19.1 Å². The summed E-state index contributed by atoms with van der Waals surface area (Å²) in [5.74, 6) is -0.286. The maximum Gasteiger partial charge on any atom is 0.274 e. The van der Waals surface area contributed by atoms with Crippen molar-refractivity contribution in [1.29, 1.82) is 5.26 Å². The van der Waals surface area contributed by atoms with Gasteiger partial charge in [-0.05, 0) is 42.2 Å². The Balaban J connectivity index is 1.37. The van der Waals surface area contributed by atoms with E-state index >= 15 is 0 Å². The van der Waals surface area contributed by atoms with Gasteiger partial charge in [0.15, 0.2) is 8.32 Å². The quantitative estimate of drug-likeness (QED) is 0.160. The summed E-state index contributed by atoms with van der Waals surface area (Å²) in [4.78, 5) is 29.3. The SMILES string of the molecule is COc1nc(-c2cccc(-c3cccc(NC(=O)c4cc(C#N)c5c(n4)CN(CCO[Si](C)(C)C(C)(C)C)CC5)c3Cl)c2Cl)cnc1CO. The van der Waals surface area contributed by atoms with Crippen LogP contribution in [0.25, 0.3) is 22.4 Å². The summed E-state index contributed by atoms with van der Waals surface area (Å²) in [6.07, 6.45) is 2.19. The van der Waals surface area contributed by atoms with Crippen LogP contribution in [0.1, 0.15) is 53.8 Å². The molecule has 5 rings (SSSR count). The van der Waals surface area contributed by atoms with Crippen LogP contribution < -0.4 is 10.1 Å². The number of anilines is 1. The minimum Gasteiger partial charge on any atom is -0.480 e. The first-order chi connectivity index (χ1) is 23.3. The molecule has 0 atom stereocenters. The predicted octanol–water partition coefficient (Wildman–Crippen LogP) is 7.52. The largest absolute Gasteiger partial charge is 0.480 e. The fraction of sp³-hybridized carbons (Fsp3) is 0.361. The highest BCUT2D eigenvalue weighted by Gasteiger charge is 2.37. The van der Waals surface area contributed by atoms with Crippen molar-refractivity contribution in [2.24, 2.45) is 0 Å². The Morgan fingerprint density at radius 2 is 1.80 bits per heavy atom. The number of hydrogen-bond acceptors (Lipinski definition) is 9. The molecule has 0 saturated heterocycles. The second kappa shape index (κ2) is 14.9. The molecule has 0 aliphatic carbocycles. The van der Waals surface area contributed by atoms with Gasteiger partial charge in [0.05, 0.1) is 58.7 Å². The van der Waals surface area contributed by atoms with E-state index in [0.29, 0.717) is 63.9 Å². The van der Waals surface area contributed by atoms with Gasteiger partial charge >= 0.3 is 0 Å². The summed E-state index contributed by atoms with van der Waals surface area (Å²) >= 11 is 13.8. The van der Waals surface area contributed by atoms with Crippen LogP contribution >= 0.6 is 23.2 Å². The standard InChI is InChI=1S/C36H40Cl2N6O4Si/c1-36(2,3)49(5,6)48-16-15-44-14-13-23-22(18-39)17-28(41-30(23)20-44)34(46)42-27-12-8-10-25(33(27)38)24-9-7-11-26(32(24)37)29-19-40-31(21-45)35(43-29)47-4/h7-12,17,19,45H,13-16,20-21H2,1-6H3,(H,42,46). The highest BCUT2D eigenvalue weighted by atomic mass is 35.5. The van der Waals surface area contributed by atoms with Crippen molar-refractivity contribution in [3.63, 3.8) is 0 Å². The number of methoxy groups -OCH3 is 1. The second-order valence-electron chi connectivity index (χ2n) is 13.4. The fourth-order valence-corrected chi connectivity index (χ4v) is 7.04. The summed E-state index contributed by atoms with van der Waals surface area (Å²) in [7, 11) is -0.418. The van der Waals surface area contributed by atoms with Gasteiger partial charge in [-0.2, -0.15) is 5.26 Å². The Morgan fingerprint density at radius 1 is 1.10 bits per heavy atom. The van der Waals surface area contributed by atoms with Crippen LogP contribution in [0.5, 0.6) is 5.88 Å². The van der Waals surface area contributed by atoms with Crippen LogP contribution in [0.3, 0.4) is 0 Å². The highest BCUT2D eigenvalue weighted by Crippen LogP contribution is 2.41. The minimum absolute atomic E-state index is 0.129. The number of halogens is 2. The molecule has 0 bridgehead atoms. The van der Waals surface area contributed by atoms with Gasteiger partial charge in [0.2, 0.25) is 5.88 Å². The molecule has 3 heterocycles. The van der Waals surface area contributed by atoms with Crippen molar-refractivity contribution >= 4 is 43.1 Å². The molecule has 1 amide bonds. The van der Waals surface area contributed by atoms with Crippen LogP contribution in [0.4, 0.5) is 5.69 Å². The van der Waals surface area contributed by atoms with Crippen LogP contribution in [-0.4, -0.2) is 66.0 Å². The number of pyridine rings is 1. The lowest BCUT2D eigenvalue weighted by molar-refractivity contribution is 0.102. The van der Waals surface area contributed by atoms with Crippen molar-refractivity contribution in [3.8, 4) is 34.3 Å². The van der Waals surface area contributed by atoms with Crippen molar-refractivity contribution in [2.45, 2.75) is 58.5 Å². The molecule has 10 nitrogen and oxygen atoms in total. The summed E-state index contributed by atoms with van der Waals surface area (Å²) in [5.41, 5.74) is 5.09. The molecule has 0 spiro atoms. The Kier molecular flexibility index (Phi) is 11.1. The molecule has 2 aromatic carbocycles. The molecule has 13 heteroatoms. The van der Waals surface area contributed by atoms with E-state index in [2.05, 4.69) is 60.1 Å². The zero-order chi connectivity index (χ0) is 35.5. The molecule has 1 aliphatic rings. The molecule has 0 radical (unpaired) electrons. The lowest BCUT2D eigenvalue weighted by Gasteiger charge is -2.37. The number of benzene rings is 2. The van der Waals surface area contributed by atoms with Gasteiger partial charge < -0.3 is 19.6 Å². The van der Waals surface area contributed by atoms with E-state index in [9.17, 15) is 15.2 Å². The van der Waals surface area contributed by atoms with E-state index in [1.165, 1.54) is 13.3 Å². The first-order valence-corrected chi connectivity index (χ1v) is 19.6. The Morgan fingerprint density at radius 3 is 2.47 bits per heavy atom. The monoisotopic (exact) mass is 718 g/mol. The van der Waals surface area contributed by atoms with E-state index < -0.39 is 14.2 Å². The average molecular weight is 720 g/mol. The minimum atomic E-state index is -1.87. The summed E-state index contributed by atoms with van der Waals surface area (Å²) < 4.78 is 11.7. The number of hydrogen-bond donors (Lipinski definition) is 2. The van der Waals surface area contributed by atoms with E-state index in [4.69, 9.17) is 37.3 Å². The van der Waals surface area contributed by atoms with Gasteiger partial charge in [-0.1, -0.05) is 74.3 Å². The van der Waals surface area contributed by atoms with E-state index in [1.54, 1.807) is 30.3 Å². The number of nitrogens with one attached hydrogen (secondary N) is 1. The molecular formula is C36H40Cl2N6O4Si. The lowest BCUT2D eigenvalue weighted by Crippen LogP contribution is -2.43. The predicted molar refractivity (Wildman–Crippen MR) is 194 cm³/mol. The van der Waals surface area contributed by atoms with E-state index in [0.717, 1.165) is 24.3 Å². The van der Waals surface area contributed by atoms with Crippen molar-refractivity contribution in [1.82, 2.24) is 19.9 Å². The molecule has 1 aliphatic heterocycles.